The molecule has 0 aromatic heterocycles. The lowest BCUT2D eigenvalue weighted by Crippen LogP contribution is -2.46. The molecule has 0 bridgehead atoms. The van der Waals surface area contributed by atoms with Gasteiger partial charge in [0.25, 0.3) is 0 Å². The highest BCUT2D eigenvalue weighted by molar-refractivity contribution is 4.92. The highest BCUT2D eigenvalue weighted by atomic mass is 14.9. The molecule has 3 N–H and O–H groups in total. The van der Waals surface area contributed by atoms with Crippen molar-refractivity contribution in [1.29, 1.82) is 0 Å². The van der Waals surface area contributed by atoms with Crippen LogP contribution in [0.1, 0.15) is 39.0 Å². The maximum Gasteiger partial charge on any atom is 0.0280 e. The molecular weight excluding hydrogens is 160 g/mol. The van der Waals surface area contributed by atoms with Gasteiger partial charge in [0.1, 0.15) is 0 Å². The zero-order valence-electron chi connectivity index (χ0n) is 8.68. The van der Waals surface area contributed by atoms with Crippen molar-refractivity contribution in [3.05, 3.63) is 0 Å². The highest BCUT2D eigenvalue weighted by Crippen LogP contribution is 2.37. The fourth-order valence-electron chi connectivity index (χ4n) is 2.45. The number of nitrogens with two attached hydrogens (primary N) is 1. The molecule has 2 nitrogen and oxygen atoms in total. The van der Waals surface area contributed by atoms with Crippen LogP contribution >= 0.6 is 0 Å². The topological polar surface area (TPSA) is 38.0 Å². The van der Waals surface area contributed by atoms with Gasteiger partial charge in [0.05, 0.1) is 0 Å². The molecule has 0 aliphatic heterocycles. The summed E-state index contributed by atoms with van der Waals surface area (Å²) in [6.45, 7) is 4.57. The van der Waals surface area contributed by atoms with Gasteiger partial charge >= 0.3 is 0 Å². The van der Waals surface area contributed by atoms with E-state index in [1.165, 1.54) is 38.6 Å². The summed E-state index contributed by atoms with van der Waals surface area (Å²) in [5, 5.41) is 3.54. The molecule has 0 aromatic carbocycles. The SMILES string of the molecule is CC1CC1CNCC1(N)CCCC1. The van der Waals surface area contributed by atoms with Crippen LogP contribution in [0.3, 0.4) is 0 Å². The van der Waals surface area contributed by atoms with Crippen molar-refractivity contribution in [2.45, 2.75) is 44.6 Å². The van der Waals surface area contributed by atoms with Crippen LogP contribution in [0.15, 0.2) is 0 Å². The van der Waals surface area contributed by atoms with Gasteiger partial charge in [0.15, 0.2) is 0 Å². The summed E-state index contributed by atoms with van der Waals surface area (Å²) in [7, 11) is 0. The zero-order chi connectivity index (χ0) is 9.31. The van der Waals surface area contributed by atoms with Gasteiger partial charge in [-0.3, -0.25) is 0 Å². The van der Waals surface area contributed by atoms with Crippen LogP contribution in [0.2, 0.25) is 0 Å². The van der Waals surface area contributed by atoms with E-state index in [1.807, 2.05) is 0 Å². The second-order valence-corrected chi connectivity index (χ2v) is 5.17. The third-order valence-electron chi connectivity index (χ3n) is 3.76. The Bertz CT molecular complexity index is 173. The Balaban J connectivity index is 1.61. The average Bonchev–Trinajstić information content (AvgIpc) is 2.62. The monoisotopic (exact) mass is 182 g/mol. The van der Waals surface area contributed by atoms with E-state index in [-0.39, 0.29) is 5.54 Å². The predicted molar refractivity (Wildman–Crippen MR) is 55.5 cm³/mol. The van der Waals surface area contributed by atoms with Crippen molar-refractivity contribution in [2.75, 3.05) is 13.1 Å². The van der Waals surface area contributed by atoms with Gasteiger partial charge in [-0.25, -0.2) is 0 Å². The van der Waals surface area contributed by atoms with Gasteiger partial charge in [-0.1, -0.05) is 19.8 Å². The molecule has 2 rings (SSSR count). The first-order valence-electron chi connectivity index (χ1n) is 5.69. The third kappa shape index (κ3) is 2.44. The molecule has 76 valence electrons. The maximum absolute atomic E-state index is 6.24. The normalized spacial score (nSPS) is 36.5. The molecule has 2 aliphatic rings. The summed E-state index contributed by atoms with van der Waals surface area (Å²) in [6.07, 6.45) is 6.53. The average molecular weight is 182 g/mol. The quantitative estimate of drug-likeness (QED) is 0.691. The van der Waals surface area contributed by atoms with E-state index in [9.17, 15) is 0 Å². The van der Waals surface area contributed by atoms with Crippen LogP contribution < -0.4 is 11.1 Å². The molecule has 0 aromatic rings. The minimum atomic E-state index is 0.137. The van der Waals surface area contributed by atoms with Crippen molar-refractivity contribution in [2.24, 2.45) is 17.6 Å². The minimum absolute atomic E-state index is 0.137. The molecular formula is C11H22N2. The van der Waals surface area contributed by atoms with Crippen LogP contribution in [0.5, 0.6) is 0 Å². The van der Waals surface area contributed by atoms with E-state index in [0.717, 1.165) is 18.4 Å². The maximum atomic E-state index is 6.24. The first-order chi connectivity index (χ1) is 6.20. The summed E-state index contributed by atoms with van der Waals surface area (Å²) >= 11 is 0. The van der Waals surface area contributed by atoms with Crippen LogP contribution in [0.25, 0.3) is 0 Å². The first kappa shape index (κ1) is 9.47. The summed E-state index contributed by atoms with van der Waals surface area (Å²) < 4.78 is 0. The summed E-state index contributed by atoms with van der Waals surface area (Å²) in [5.41, 5.74) is 6.37. The van der Waals surface area contributed by atoms with E-state index in [1.54, 1.807) is 0 Å². The second kappa shape index (κ2) is 3.58. The van der Waals surface area contributed by atoms with Gasteiger partial charge in [-0.2, -0.15) is 0 Å². The molecule has 0 spiro atoms. The molecule has 2 saturated carbocycles. The van der Waals surface area contributed by atoms with E-state index < -0.39 is 0 Å². The number of nitrogens with one attached hydrogen (secondary N) is 1. The van der Waals surface area contributed by atoms with Crippen molar-refractivity contribution in [3.8, 4) is 0 Å². The molecule has 2 atom stereocenters. The number of rotatable bonds is 4. The third-order valence-corrected chi connectivity index (χ3v) is 3.76. The fourth-order valence-corrected chi connectivity index (χ4v) is 2.45. The van der Waals surface area contributed by atoms with Crippen molar-refractivity contribution < 1.29 is 0 Å². The largest absolute Gasteiger partial charge is 0.324 e. The van der Waals surface area contributed by atoms with Crippen molar-refractivity contribution in [3.63, 3.8) is 0 Å². The Morgan fingerprint density at radius 3 is 2.54 bits per heavy atom. The Hall–Kier alpha value is -0.0800. The van der Waals surface area contributed by atoms with Gasteiger partial charge in [-0.15, -0.1) is 0 Å². The molecule has 0 radical (unpaired) electrons. The summed E-state index contributed by atoms with van der Waals surface area (Å²) in [5.74, 6) is 1.91. The summed E-state index contributed by atoms with van der Waals surface area (Å²) in [4.78, 5) is 0. The lowest BCUT2D eigenvalue weighted by atomic mass is 9.99. The minimum Gasteiger partial charge on any atom is -0.324 e. The van der Waals surface area contributed by atoms with Gasteiger partial charge < -0.3 is 11.1 Å². The second-order valence-electron chi connectivity index (χ2n) is 5.17. The van der Waals surface area contributed by atoms with Crippen molar-refractivity contribution in [1.82, 2.24) is 5.32 Å². The molecule has 0 amide bonds. The van der Waals surface area contributed by atoms with Crippen LogP contribution in [-0.2, 0) is 0 Å². The van der Waals surface area contributed by atoms with E-state index in [4.69, 9.17) is 5.73 Å². The van der Waals surface area contributed by atoms with Gasteiger partial charge in [-0.05, 0) is 37.6 Å². The fraction of sp³-hybridized carbons (Fsp3) is 1.00. The lowest BCUT2D eigenvalue weighted by Gasteiger charge is -2.23. The zero-order valence-corrected chi connectivity index (χ0v) is 8.68. The van der Waals surface area contributed by atoms with Crippen molar-refractivity contribution >= 4 is 0 Å². The smallest absolute Gasteiger partial charge is 0.0280 e. The predicted octanol–water partition coefficient (Wildman–Crippen LogP) is 1.50. The Kier molecular flexibility index (Phi) is 2.61. The van der Waals surface area contributed by atoms with Gasteiger partial charge in [0.2, 0.25) is 0 Å². The first-order valence-corrected chi connectivity index (χ1v) is 5.69. The molecule has 2 unspecified atom stereocenters. The molecule has 0 heterocycles. The lowest BCUT2D eigenvalue weighted by molar-refractivity contribution is 0.399. The van der Waals surface area contributed by atoms with Crippen LogP contribution in [0.4, 0.5) is 0 Å². The Morgan fingerprint density at radius 1 is 1.38 bits per heavy atom. The van der Waals surface area contributed by atoms with Crippen LogP contribution in [-0.4, -0.2) is 18.6 Å². The highest BCUT2D eigenvalue weighted by Gasteiger charge is 2.33. The molecule has 13 heavy (non-hydrogen) atoms. The number of hydrogen-bond donors (Lipinski definition) is 2. The molecule has 2 fully saturated rings. The standard InChI is InChI=1S/C11H22N2/c1-9-6-10(9)7-13-8-11(12)4-2-3-5-11/h9-10,13H,2-8,12H2,1H3. The molecule has 2 heteroatoms. The summed E-state index contributed by atoms with van der Waals surface area (Å²) in [6, 6.07) is 0. The van der Waals surface area contributed by atoms with E-state index >= 15 is 0 Å². The van der Waals surface area contributed by atoms with Crippen LogP contribution in [0, 0.1) is 11.8 Å². The van der Waals surface area contributed by atoms with Gasteiger partial charge in [0, 0.05) is 12.1 Å². The molecule has 2 aliphatic carbocycles. The van der Waals surface area contributed by atoms with E-state index in [0.29, 0.717) is 0 Å². The van der Waals surface area contributed by atoms with E-state index in [2.05, 4.69) is 12.2 Å². The Labute approximate surface area is 81.3 Å². The molecule has 0 saturated heterocycles. The number of hydrogen-bond acceptors (Lipinski definition) is 2. The Morgan fingerprint density at radius 2 is 2.00 bits per heavy atom.